The first-order chi connectivity index (χ1) is 15.5. The minimum Gasteiger partial charge on any atom is -0.460 e. The molecular formula is C27H20Br2O3. The lowest BCUT2D eigenvalue weighted by Gasteiger charge is -2.17. The number of hydrogen-bond donors (Lipinski definition) is 0. The Bertz CT molecular complexity index is 1240. The molecule has 0 heterocycles. The molecular weight excluding hydrogens is 532 g/mol. The zero-order valence-electron chi connectivity index (χ0n) is 17.1. The van der Waals surface area contributed by atoms with Crippen LogP contribution in [0, 0.1) is 0 Å². The van der Waals surface area contributed by atoms with E-state index in [0.717, 1.165) is 30.8 Å². The molecule has 0 aliphatic carbocycles. The quantitative estimate of drug-likeness (QED) is 0.177. The monoisotopic (exact) mass is 550 g/mol. The van der Waals surface area contributed by atoms with Crippen molar-refractivity contribution in [1.29, 1.82) is 0 Å². The van der Waals surface area contributed by atoms with Crippen molar-refractivity contribution in [1.82, 2.24) is 0 Å². The summed E-state index contributed by atoms with van der Waals surface area (Å²) in [6, 6.07) is 28.5. The molecule has 5 heteroatoms. The predicted octanol–water partition coefficient (Wildman–Crippen LogP) is 7.46. The van der Waals surface area contributed by atoms with Crippen molar-refractivity contribution < 1.29 is 14.3 Å². The summed E-state index contributed by atoms with van der Waals surface area (Å²) in [5, 5.41) is 1.88. The fourth-order valence-corrected chi connectivity index (χ4v) is 4.16. The summed E-state index contributed by atoms with van der Waals surface area (Å²) in [6.07, 6.45) is 0.0365. The topological polar surface area (TPSA) is 43.4 Å². The fraction of sp³-hybridized carbons (Fsp3) is 0.111. The number of ether oxygens (including phenoxy) is 1. The maximum atomic E-state index is 13.3. The Labute approximate surface area is 203 Å². The van der Waals surface area contributed by atoms with E-state index in [0.29, 0.717) is 5.56 Å². The second-order valence-corrected chi connectivity index (χ2v) is 9.32. The van der Waals surface area contributed by atoms with Crippen molar-refractivity contribution in [2.75, 3.05) is 0 Å². The summed E-state index contributed by atoms with van der Waals surface area (Å²) >= 11 is 6.83. The van der Waals surface area contributed by atoms with Crippen LogP contribution in [-0.4, -0.2) is 11.8 Å². The van der Waals surface area contributed by atoms with E-state index in [9.17, 15) is 9.59 Å². The molecule has 0 amide bonds. The first kappa shape index (κ1) is 22.4. The van der Waals surface area contributed by atoms with E-state index in [4.69, 9.17) is 4.74 Å². The number of carbonyl (C=O) groups is 2. The number of Topliss-reactive ketones (excluding diaryl/α,β-unsaturated/α-hetero) is 1. The number of fused-ring (bicyclic) bond motifs is 1. The van der Waals surface area contributed by atoms with Crippen molar-refractivity contribution >= 4 is 54.4 Å². The van der Waals surface area contributed by atoms with Crippen molar-refractivity contribution in [2.45, 2.75) is 18.9 Å². The molecule has 160 valence electrons. The zero-order chi connectivity index (χ0) is 22.5. The molecule has 1 unspecified atom stereocenters. The van der Waals surface area contributed by atoms with Gasteiger partial charge in [-0.2, -0.15) is 0 Å². The SMILES string of the molecule is O=C(CC(C(=O)OCc1ccc(Br)cc1)c1ccc(Br)cc1)c1cccc2ccccc12. The molecule has 0 radical (unpaired) electrons. The van der Waals surface area contributed by atoms with Crippen LogP contribution >= 0.6 is 31.9 Å². The largest absolute Gasteiger partial charge is 0.460 e. The van der Waals surface area contributed by atoms with Gasteiger partial charge in [0.1, 0.15) is 6.61 Å². The Hall–Kier alpha value is -2.76. The van der Waals surface area contributed by atoms with E-state index in [-0.39, 0.29) is 18.8 Å². The van der Waals surface area contributed by atoms with Crippen LogP contribution in [0.5, 0.6) is 0 Å². The second-order valence-electron chi connectivity index (χ2n) is 7.49. The van der Waals surface area contributed by atoms with Crippen molar-refractivity contribution in [3.8, 4) is 0 Å². The minimum atomic E-state index is -0.690. The highest BCUT2D eigenvalue weighted by molar-refractivity contribution is 9.10. The van der Waals surface area contributed by atoms with Gasteiger partial charge in [-0.15, -0.1) is 0 Å². The summed E-state index contributed by atoms with van der Waals surface area (Å²) in [6.45, 7) is 0.154. The van der Waals surface area contributed by atoms with Crippen LogP contribution in [0.4, 0.5) is 0 Å². The van der Waals surface area contributed by atoms with Crippen molar-refractivity contribution in [2.24, 2.45) is 0 Å². The van der Waals surface area contributed by atoms with E-state index in [1.807, 2.05) is 91.0 Å². The highest BCUT2D eigenvalue weighted by Gasteiger charge is 2.26. The van der Waals surface area contributed by atoms with Crippen LogP contribution < -0.4 is 0 Å². The number of rotatable bonds is 7. The van der Waals surface area contributed by atoms with Crippen LogP contribution in [0.3, 0.4) is 0 Å². The lowest BCUT2D eigenvalue weighted by molar-refractivity contribution is -0.146. The summed E-state index contributed by atoms with van der Waals surface area (Å²) in [5.41, 5.74) is 2.25. The Morgan fingerprint density at radius 3 is 2.09 bits per heavy atom. The average Bonchev–Trinajstić information content (AvgIpc) is 2.82. The van der Waals surface area contributed by atoms with E-state index in [1.165, 1.54) is 0 Å². The maximum absolute atomic E-state index is 13.3. The van der Waals surface area contributed by atoms with Crippen LogP contribution in [0.25, 0.3) is 10.8 Å². The van der Waals surface area contributed by atoms with Gasteiger partial charge in [0, 0.05) is 20.9 Å². The van der Waals surface area contributed by atoms with Gasteiger partial charge in [-0.05, 0) is 46.2 Å². The third-order valence-corrected chi connectivity index (χ3v) is 6.39. The molecule has 0 fully saturated rings. The molecule has 4 aromatic carbocycles. The standard InChI is InChI=1S/C27H20Br2O3/c28-21-12-8-18(9-13-21)17-32-27(31)25(20-10-14-22(29)15-11-20)16-26(30)24-7-3-5-19-4-1-2-6-23(19)24/h1-15,25H,16-17H2. The molecule has 0 saturated heterocycles. The van der Waals surface area contributed by atoms with Crippen LogP contribution in [0.15, 0.2) is 99.9 Å². The summed E-state index contributed by atoms with van der Waals surface area (Å²) < 4.78 is 7.49. The fourth-order valence-electron chi connectivity index (χ4n) is 3.63. The number of ketones is 1. The van der Waals surface area contributed by atoms with Gasteiger partial charge in [0.25, 0.3) is 0 Å². The smallest absolute Gasteiger partial charge is 0.314 e. The molecule has 0 saturated carbocycles. The molecule has 0 bridgehead atoms. The normalized spacial score (nSPS) is 11.8. The lowest BCUT2D eigenvalue weighted by atomic mass is 9.90. The van der Waals surface area contributed by atoms with E-state index < -0.39 is 11.9 Å². The van der Waals surface area contributed by atoms with Gasteiger partial charge in [0.2, 0.25) is 0 Å². The van der Waals surface area contributed by atoms with Gasteiger partial charge in [0.05, 0.1) is 5.92 Å². The van der Waals surface area contributed by atoms with Gasteiger partial charge in [-0.3, -0.25) is 9.59 Å². The molecule has 0 aliphatic heterocycles. The molecule has 0 N–H and O–H groups in total. The van der Waals surface area contributed by atoms with Crippen LogP contribution in [0.1, 0.15) is 33.8 Å². The van der Waals surface area contributed by atoms with Crippen molar-refractivity contribution in [3.05, 3.63) is 117 Å². The Balaban J connectivity index is 1.58. The van der Waals surface area contributed by atoms with E-state index in [2.05, 4.69) is 31.9 Å². The highest BCUT2D eigenvalue weighted by Crippen LogP contribution is 2.28. The third-order valence-electron chi connectivity index (χ3n) is 5.33. The van der Waals surface area contributed by atoms with Gasteiger partial charge in [-0.1, -0.05) is 98.6 Å². The lowest BCUT2D eigenvalue weighted by Crippen LogP contribution is -2.19. The minimum absolute atomic E-state index is 0.0365. The van der Waals surface area contributed by atoms with E-state index >= 15 is 0 Å². The first-order valence-electron chi connectivity index (χ1n) is 10.2. The molecule has 0 aliphatic rings. The number of hydrogen-bond acceptors (Lipinski definition) is 3. The third kappa shape index (κ3) is 5.34. The number of halogens is 2. The zero-order valence-corrected chi connectivity index (χ0v) is 20.3. The molecule has 1 atom stereocenters. The molecule has 4 rings (SSSR count). The molecule has 3 nitrogen and oxygen atoms in total. The molecule has 4 aromatic rings. The first-order valence-corrected chi connectivity index (χ1v) is 11.8. The molecule has 0 aromatic heterocycles. The predicted molar refractivity (Wildman–Crippen MR) is 134 cm³/mol. The summed E-state index contributed by atoms with van der Waals surface area (Å²) in [7, 11) is 0. The van der Waals surface area contributed by atoms with Crippen molar-refractivity contribution in [3.63, 3.8) is 0 Å². The van der Waals surface area contributed by atoms with Gasteiger partial charge in [0.15, 0.2) is 5.78 Å². The Kier molecular flexibility index (Phi) is 7.18. The summed E-state index contributed by atoms with van der Waals surface area (Å²) in [4.78, 5) is 26.4. The maximum Gasteiger partial charge on any atom is 0.314 e. The number of esters is 1. The number of carbonyl (C=O) groups excluding carboxylic acids is 2. The summed E-state index contributed by atoms with van der Waals surface area (Å²) in [5.74, 6) is -1.19. The Morgan fingerprint density at radius 2 is 1.38 bits per heavy atom. The highest BCUT2D eigenvalue weighted by atomic mass is 79.9. The van der Waals surface area contributed by atoms with Gasteiger partial charge >= 0.3 is 5.97 Å². The van der Waals surface area contributed by atoms with Gasteiger partial charge < -0.3 is 4.74 Å². The Morgan fingerprint density at radius 1 is 0.750 bits per heavy atom. The van der Waals surface area contributed by atoms with E-state index in [1.54, 1.807) is 0 Å². The molecule has 32 heavy (non-hydrogen) atoms. The second kappa shape index (κ2) is 10.2. The van der Waals surface area contributed by atoms with Crippen LogP contribution in [-0.2, 0) is 16.1 Å². The van der Waals surface area contributed by atoms with Crippen LogP contribution in [0.2, 0.25) is 0 Å². The van der Waals surface area contributed by atoms with Gasteiger partial charge in [-0.25, -0.2) is 0 Å². The number of benzene rings is 4. The molecule has 0 spiro atoms. The average molecular weight is 552 g/mol.